The summed E-state index contributed by atoms with van der Waals surface area (Å²) >= 11 is 0. The number of rotatable bonds is 3. The first-order chi connectivity index (χ1) is 6.66. The maximum Gasteiger partial charge on any atom is 0.306 e. The van der Waals surface area contributed by atoms with Gasteiger partial charge in [-0.15, -0.1) is 0 Å². The molecule has 3 aliphatic rings. The van der Waals surface area contributed by atoms with Crippen molar-refractivity contribution < 1.29 is 9.90 Å². The summed E-state index contributed by atoms with van der Waals surface area (Å²) in [5, 5.41) is 8.88. The highest BCUT2D eigenvalue weighted by Crippen LogP contribution is 2.47. The molecule has 1 N–H and O–H groups in total. The fraction of sp³-hybridized carbons (Fsp3) is 0.917. The Morgan fingerprint density at radius 1 is 1.36 bits per heavy atom. The number of aliphatic carboxylic acids is 1. The van der Waals surface area contributed by atoms with Gasteiger partial charge in [0.15, 0.2) is 0 Å². The van der Waals surface area contributed by atoms with Crippen molar-refractivity contribution in [2.24, 2.45) is 23.7 Å². The van der Waals surface area contributed by atoms with Crippen LogP contribution in [0, 0.1) is 23.7 Å². The molecule has 0 spiro atoms. The van der Waals surface area contributed by atoms with Gasteiger partial charge in [0.05, 0.1) is 5.92 Å². The summed E-state index contributed by atoms with van der Waals surface area (Å²) in [6, 6.07) is 0. The van der Waals surface area contributed by atoms with Crippen molar-refractivity contribution in [3.63, 3.8) is 0 Å². The Labute approximate surface area is 85.7 Å². The van der Waals surface area contributed by atoms with Crippen molar-refractivity contribution in [3.8, 4) is 0 Å². The first kappa shape index (κ1) is 10.0. The van der Waals surface area contributed by atoms with Crippen molar-refractivity contribution in [3.05, 3.63) is 0 Å². The normalized spacial score (nSPS) is 38.2. The Hall–Kier alpha value is -0.530. The van der Waals surface area contributed by atoms with Crippen LogP contribution < -0.4 is 0 Å². The second-order valence-electron chi connectivity index (χ2n) is 5.25. The zero-order chi connectivity index (χ0) is 10.1. The maximum atomic E-state index is 10.8. The third-order valence-electron chi connectivity index (χ3n) is 4.27. The maximum absolute atomic E-state index is 10.8. The molecule has 0 aliphatic heterocycles. The number of hydrogen-bond acceptors (Lipinski definition) is 1. The largest absolute Gasteiger partial charge is 0.481 e. The van der Waals surface area contributed by atoms with E-state index in [9.17, 15) is 4.79 Å². The minimum Gasteiger partial charge on any atom is -0.481 e. The van der Waals surface area contributed by atoms with Gasteiger partial charge >= 0.3 is 5.97 Å². The summed E-state index contributed by atoms with van der Waals surface area (Å²) < 4.78 is 0. The van der Waals surface area contributed by atoms with Crippen LogP contribution in [0.4, 0.5) is 0 Å². The summed E-state index contributed by atoms with van der Waals surface area (Å²) in [5.41, 5.74) is 0. The van der Waals surface area contributed by atoms with Crippen LogP contribution in [-0.2, 0) is 4.79 Å². The molecule has 2 unspecified atom stereocenters. The van der Waals surface area contributed by atoms with E-state index in [1.54, 1.807) is 0 Å². The topological polar surface area (TPSA) is 37.3 Å². The summed E-state index contributed by atoms with van der Waals surface area (Å²) in [7, 11) is 0. The molecule has 2 atom stereocenters. The third kappa shape index (κ3) is 1.94. The second kappa shape index (κ2) is 3.92. The van der Waals surface area contributed by atoms with Gasteiger partial charge in [-0.2, -0.15) is 0 Å². The van der Waals surface area contributed by atoms with E-state index in [-0.39, 0.29) is 5.92 Å². The molecule has 3 rings (SSSR count). The van der Waals surface area contributed by atoms with Gasteiger partial charge in [-0.1, -0.05) is 19.8 Å². The molecule has 3 aliphatic carbocycles. The quantitative estimate of drug-likeness (QED) is 0.753. The van der Waals surface area contributed by atoms with E-state index in [1.807, 2.05) is 6.92 Å². The van der Waals surface area contributed by atoms with Gasteiger partial charge in [0, 0.05) is 0 Å². The van der Waals surface area contributed by atoms with E-state index in [0.29, 0.717) is 5.92 Å². The second-order valence-corrected chi connectivity index (χ2v) is 5.25. The Balaban J connectivity index is 1.89. The lowest BCUT2D eigenvalue weighted by Crippen LogP contribution is -2.33. The highest BCUT2D eigenvalue weighted by atomic mass is 16.4. The minimum absolute atomic E-state index is 0.139. The van der Waals surface area contributed by atoms with Crippen LogP contribution in [0.3, 0.4) is 0 Å². The molecule has 80 valence electrons. The van der Waals surface area contributed by atoms with Crippen LogP contribution >= 0.6 is 0 Å². The number of fused-ring (bicyclic) bond motifs is 3. The molecule has 14 heavy (non-hydrogen) atoms. The van der Waals surface area contributed by atoms with Gasteiger partial charge in [-0.05, 0) is 43.4 Å². The standard InChI is InChI=1S/C12H20O2/c1-8(12(13)14)6-11-7-9-2-4-10(11)5-3-9/h8-11H,2-7H2,1H3,(H,13,14). The summed E-state index contributed by atoms with van der Waals surface area (Å²) in [5.74, 6) is 1.73. The molecular formula is C12H20O2. The molecule has 3 fully saturated rings. The zero-order valence-electron chi connectivity index (χ0n) is 8.91. The molecular weight excluding hydrogens is 176 g/mol. The molecule has 0 saturated heterocycles. The first-order valence-corrected chi connectivity index (χ1v) is 5.89. The van der Waals surface area contributed by atoms with Crippen LogP contribution in [-0.4, -0.2) is 11.1 Å². The smallest absolute Gasteiger partial charge is 0.306 e. The fourth-order valence-electron chi connectivity index (χ4n) is 3.36. The van der Waals surface area contributed by atoms with E-state index in [2.05, 4.69) is 0 Å². The van der Waals surface area contributed by atoms with Gasteiger partial charge in [-0.25, -0.2) is 0 Å². The molecule has 0 amide bonds. The summed E-state index contributed by atoms with van der Waals surface area (Å²) in [6.07, 6.45) is 7.76. The number of carboxylic acids is 1. The average molecular weight is 196 g/mol. The van der Waals surface area contributed by atoms with Gasteiger partial charge in [0.25, 0.3) is 0 Å². The SMILES string of the molecule is CC(CC1CC2CCC1CC2)C(=O)O. The minimum atomic E-state index is -0.619. The number of carbonyl (C=O) groups is 1. The molecule has 3 saturated carbocycles. The molecule has 0 heterocycles. The van der Waals surface area contributed by atoms with E-state index >= 15 is 0 Å². The Kier molecular flexibility index (Phi) is 2.80. The zero-order valence-corrected chi connectivity index (χ0v) is 8.91. The molecule has 0 radical (unpaired) electrons. The lowest BCUT2D eigenvalue weighted by Gasteiger charge is -2.43. The lowest BCUT2D eigenvalue weighted by molar-refractivity contribution is -0.142. The van der Waals surface area contributed by atoms with Crippen LogP contribution in [0.25, 0.3) is 0 Å². The number of carboxylic acid groups (broad SMARTS) is 1. The van der Waals surface area contributed by atoms with Gasteiger partial charge < -0.3 is 5.11 Å². The molecule has 0 aromatic carbocycles. The summed E-state index contributed by atoms with van der Waals surface area (Å²) in [6.45, 7) is 1.85. The van der Waals surface area contributed by atoms with E-state index in [1.165, 1.54) is 32.1 Å². The van der Waals surface area contributed by atoms with Crippen molar-refractivity contribution in [1.82, 2.24) is 0 Å². The Morgan fingerprint density at radius 2 is 2.00 bits per heavy atom. The Morgan fingerprint density at radius 3 is 2.43 bits per heavy atom. The fourth-order valence-corrected chi connectivity index (χ4v) is 3.36. The molecule has 0 aromatic heterocycles. The molecule has 0 aromatic rings. The lowest BCUT2D eigenvalue weighted by atomic mass is 9.63. The van der Waals surface area contributed by atoms with Gasteiger partial charge in [-0.3, -0.25) is 4.79 Å². The van der Waals surface area contributed by atoms with Crippen LogP contribution in [0.2, 0.25) is 0 Å². The predicted molar refractivity (Wildman–Crippen MR) is 55.0 cm³/mol. The summed E-state index contributed by atoms with van der Waals surface area (Å²) in [4.78, 5) is 10.8. The van der Waals surface area contributed by atoms with Crippen LogP contribution in [0.1, 0.15) is 45.4 Å². The van der Waals surface area contributed by atoms with E-state index in [0.717, 1.165) is 18.3 Å². The monoisotopic (exact) mass is 196 g/mol. The predicted octanol–water partition coefficient (Wildman–Crippen LogP) is 2.92. The van der Waals surface area contributed by atoms with Crippen molar-refractivity contribution in [2.45, 2.75) is 45.4 Å². The van der Waals surface area contributed by atoms with Gasteiger partial charge in [0.1, 0.15) is 0 Å². The highest BCUT2D eigenvalue weighted by molar-refractivity contribution is 5.69. The third-order valence-corrected chi connectivity index (χ3v) is 4.27. The van der Waals surface area contributed by atoms with Crippen LogP contribution in [0.5, 0.6) is 0 Å². The van der Waals surface area contributed by atoms with Gasteiger partial charge in [0.2, 0.25) is 0 Å². The molecule has 2 nitrogen and oxygen atoms in total. The molecule has 2 heteroatoms. The average Bonchev–Trinajstić information content (AvgIpc) is 2.19. The van der Waals surface area contributed by atoms with Crippen molar-refractivity contribution in [2.75, 3.05) is 0 Å². The van der Waals surface area contributed by atoms with Crippen molar-refractivity contribution >= 4 is 5.97 Å². The molecule has 2 bridgehead atoms. The highest BCUT2D eigenvalue weighted by Gasteiger charge is 2.36. The first-order valence-electron chi connectivity index (χ1n) is 5.89. The van der Waals surface area contributed by atoms with E-state index < -0.39 is 5.97 Å². The van der Waals surface area contributed by atoms with E-state index in [4.69, 9.17) is 5.11 Å². The number of hydrogen-bond donors (Lipinski definition) is 1. The van der Waals surface area contributed by atoms with Crippen molar-refractivity contribution in [1.29, 1.82) is 0 Å². The van der Waals surface area contributed by atoms with Crippen LogP contribution in [0.15, 0.2) is 0 Å². The Bertz CT molecular complexity index is 216.